The Bertz CT molecular complexity index is 437. The number of thioether (sulfide) groups is 1. The van der Waals surface area contributed by atoms with Crippen LogP contribution < -0.4 is 5.32 Å². The molecule has 118 valence electrons. The van der Waals surface area contributed by atoms with Gasteiger partial charge in [-0.1, -0.05) is 31.5 Å². The van der Waals surface area contributed by atoms with Crippen LogP contribution in [0.4, 0.5) is 0 Å². The van der Waals surface area contributed by atoms with Gasteiger partial charge in [0.05, 0.1) is 6.61 Å². The molecule has 1 aliphatic rings. The van der Waals surface area contributed by atoms with Crippen molar-refractivity contribution < 1.29 is 5.11 Å². The first kappa shape index (κ1) is 16.9. The Hall–Kier alpha value is -0.510. The molecule has 1 aliphatic carbocycles. The molecule has 1 aromatic rings. The van der Waals surface area contributed by atoms with Gasteiger partial charge in [-0.3, -0.25) is 0 Å². The Morgan fingerprint density at radius 3 is 2.90 bits per heavy atom. The second-order valence-corrected chi connectivity index (χ2v) is 7.37. The SMILES string of the molecule is CCCNC1(CO)CCCC1CCSc1ccccc1C. The van der Waals surface area contributed by atoms with Crippen LogP contribution in [-0.2, 0) is 0 Å². The topological polar surface area (TPSA) is 32.3 Å². The van der Waals surface area contributed by atoms with Crippen LogP contribution in [0.1, 0.15) is 44.6 Å². The van der Waals surface area contributed by atoms with Gasteiger partial charge in [-0.05, 0) is 62.5 Å². The molecular formula is C18H29NOS. The Labute approximate surface area is 133 Å². The number of aliphatic hydroxyl groups is 1. The van der Waals surface area contributed by atoms with Gasteiger partial charge in [0.15, 0.2) is 0 Å². The maximum Gasteiger partial charge on any atom is 0.0616 e. The molecule has 0 amide bonds. The Morgan fingerprint density at radius 1 is 1.38 bits per heavy atom. The van der Waals surface area contributed by atoms with Crippen molar-refractivity contribution in [2.45, 2.75) is 56.4 Å². The number of hydrogen-bond donors (Lipinski definition) is 2. The Balaban J connectivity index is 1.88. The average Bonchev–Trinajstić information content (AvgIpc) is 2.90. The first-order valence-electron chi connectivity index (χ1n) is 8.26. The van der Waals surface area contributed by atoms with Crippen LogP contribution in [0.25, 0.3) is 0 Å². The fourth-order valence-electron chi connectivity index (χ4n) is 3.47. The highest BCUT2D eigenvalue weighted by atomic mass is 32.2. The van der Waals surface area contributed by atoms with E-state index in [1.807, 2.05) is 11.8 Å². The fourth-order valence-corrected chi connectivity index (χ4v) is 4.56. The monoisotopic (exact) mass is 307 g/mol. The van der Waals surface area contributed by atoms with Gasteiger partial charge in [0.25, 0.3) is 0 Å². The van der Waals surface area contributed by atoms with E-state index in [4.69, 9.17) is 0 Å². The highest BCUT2D eigenvalue weighted by Gasteiger charge is 2.41. The zero-order valence-electron chi connectivity index (χ0n) is 13.4. The largest absolute Gasteiger partial charge is 0.394 e. The van der Waals surface area contributed by atoms with Crippen molar-refractivity contribution in [1.82, 2.24) is 5.32 Å². The van der Waals surface area contributed by atoms with E-state index in [9.17, 15) is 5.11 Å². The van der Waals surface area contributed by atoms with E-state index in [0.717, 1.165) is 25.1 Å². The van der Waals surface area contributed by atoms with Crippen LogP contribution in [0.3, 0.4) is 0 Å². The summed E-state index contributed by atoms with van der Waals surface area (Å²) in [5.41, 5.74) is 1.36. The van der Waals surface area contributed by atoms with Crippen molar-refractivity contribution in [3.8, 4) is 0 Å². The summed E-state index contributed by atoms with van der Waals surface area (Å²) >= 11 is 1.96. The van der Waals surface area contributed by atoms with Crippen LogP contribution in [-0.4, -0.2) is 29.5 Å². The molecule has 1 saturated carbocycles. The first-order chi connectivity index (χ1) is 10.2. The summed E-state index contributed by atoms with van der Waals surface area (Å²) < 4.78 is 0. The number of hydrogen-bond acceptors (Lipinski definition) is 3. The van der Waals surface area contributed by atoms with E-state index in [1.54, 1.807) is 0 Å². The fraction of sp³-hybridized carbons (Fsp3) is 0.667. The molecule has 2 N–H and O–H groups in total. The molecule has 2 rings (SSSR count). The summed E-state index contributed by atoms with van der Waals surface area (Å²) in [4.78, 5) is 1.40. The highest BCUT2D eigenvalue weighted by molar-refractivity contribution is 7.99. The molecular weight excluding hydrogens is 278 g/mol. The van der Waals surface area contributed by atoms with Crippen molar-refractivity contribution in [2.75, 3.05) is 18.9 Å². The molecule has 0 spiro atoms. The lowest BCUT2D eigenvalue weighted by Crippen LogP contribution is -2.51. The second kappa shape index (κ2) is 8.21. The molecule has 0 aliphatic heterocycles. The summed E-state index contributed by atoms with van der Waals surface area (Å²) in [5.74, 6) is 1.76. The molecule has 21 heavy (non-hydrogen) atoms. The van der Waals surface area contributed by atoms with Crippen molar-refractivity contribution in [2.24, 2.45) is 5.92 Å². The van der Waals surface area contributed by atoms with Gasteiger partial charge < -0.3 is 10.4 Å². The summed E-state index contributed by atoms with van der Waals surface area (Å²) in [6, 6.07) is 8.61. The lowest BCUT2D eigenvalue weighted by atomic mass is 9.85. The van der Waals surface area contributed by atoms with E-state index in [0.29, 0.717) is 5.92 Å². The Kier molecular flexibility index (Phi) is 6.59. The van der Waals surface area contributed by atoms with E-state index in [1.165, 1.54) is 29.7 Å². The first-order valence-corrected chi connectivity index (χ1v) is 9.24. The third kappa shape index (κ3) is 4.24. The van der Waals surface area contributed by atoms with Crippen LogP contribution in [0.5, 0.6) is 0 Å². The summed E-state index contributed by atoms with van der Waals surface area (Å²) in [5, 5.41) is 13.6. The van der Waals surface area contributed by atoms with E-state index in [-0.39, 0.29) is 12.1 Å². The van der Waals surface area contributed by atoms with E-state index < -0.39 is 0 Å². The predicted molar refractivity (Wildman–Crippen MR) is 92.0 cm³/mol. The molecule has 2 nitrogen and oxygen atoms in total. The molecule has 2 unspecified atom stereocenters. The molecule has 0 radical (unpaired) electrons. The minimum atomic E-state index is -0.0116. The van der Waals surface area contributed by atoms with E-state index in [2.05, 4.69) is 43.4 Å². The maximum absolute atomic E-state index is 9.90. The molecule has 2 atom stereocenters. The quantitative estimate of drug-likeness (QED) is 0.712. The van der Waals surface area contributed by atoms with Crippen LogP contribution in [0, 0.1) is 12.8 Å². The van der Waals surface area contributed by atoms with Gasteiger partial charge >= 0.3 is 0 Å². The zero-order chi connectivity index (χ0) is 15.1. The van der Waals surface area contributed by atoms with Gasteiger partial charge in [0.1, 0.15) is 0 Å². The standard InChI is InChI=1S/C18H29NOS/c1-3-12-19-18(14-20)11-6-8-16(18)10-13-21-17-9-5-4-7-15(17)2/h4-5,7,9,16,19-20H,3,6,8,10-14H2,1-2H3. The number of aliphatic hydroxyl groups excluding tert-OH is 1. The Morgan fingerprint density at radius 2 is 2.19 bits per heavy atom. The van der Waals surface area contributed by atoms with E-state index >= 15 is 0 Å². The highest BCUT2D eigenvalue weighted by Crippen LogP contribution is 2.39. The van der Waals surface area contributed by atoms with Crippen molar-refractivity contribution in [3.63, 3.8) is 0 Å². The summed E-state index contributed by atoms with van der Waals surface area (Å²) in [6.45, 7) is 5.67. The summed E-state index contributed by atoms with van der Waals surface area (Å²) in [7, 11) is 0. The maximum atomic E-state index is 9.90. The molecule has 0 bridgehead atoms. The number of benzene rings is 1. The number of nitrogens with one attached hydrogen (secondary N) is 1. The minimum absolute atomic E-state index is 0.0116. The lowest BCUT2D eigenvalue weighted by Gasteiger charge is -2.35. The molecule has 3 heteroatoms. The third-order valence-corrected chi connectivity index (χ3v) is 5.99. The summed E-state index contributed by atoms with van der Waals surface area (Å²) in [6.07, 6.45) is 5.95. The molecule has 0 aromatic heterocycles. The minimum Gasteiger partial charge on any atom is -0.394 e. The van der Waals surface area contributed by atoms with Crippen molar-refractivity contribution in [1.29, 1.82) is 0 Å². The molecule has 0 saturated heterocycles. The van der Waals surface area contributed by atoms with Gasteiger partial charge in [0, 0.05) is 10.4 Å². The zero-order valence-corrected chi connectivity index (χ0v) is 14.2. The van der Waals surface area contributed by atoms with Gasteiger partial charge in [-0.25, -0.2) is 0 Å². The van der Waals surface area contributed by atoms with Gasteiger partial charge in [0.2, 0.25) is 0 Å². The van der Waals surface area contributed by atoms with Gasteiger partial charge in [-0.2, -0.15) is 0 Å². The van der Waals surface area contributed by atoms with Crippen LogP contribution >= 0.6 is 11.8 Å². The number of rotatable bonds is 8. The average molecular weight is 308 g/mol. The van der Waals surface area contributed by atoms with Gasteiger partial charge in [-0.15, -0.1) is 11.8 Å². The predicted octanol–water partition coefficient (Wildman–Crippen LogP) is 4.01. The van der Waals surface area contributed by atoms with Crippen molar-refractivity contribution >= 4 is 11.8 Å². The van der Waals surface area contributed by atoms with Crippen LogP contribution in [0.15, 0.2) is 29.2 Å². The molecule has 0 heterocycles. The second-order valence-electron chi connectivity index (χ2n) is 6.23. The van der Waals surface area contributed by atoms with Crippen LogP contribution in [0.2, 0.25) is 0 Å². The van der Waals surface area contributed by atoms with Crippen molar-refractivity contribution in [3.05, 3.63) is 29.8 Å². The smallest absolute Gasteiger partial charge is 0.0616 e. The normalized spacial score (nSPS) is 25.4. The number of aryl methyl sites for hydroxylation is 1. The third-order valence-electron chi connectivity index (χ3n) is 4.78. The lowest BCUT2D eigenvalue weighted by molar-refractivity contribution is 0.122. The molecule has 1 fully saturated rings. The molecule has 1 aromatic carbocycles.